The summed E-state index contributed by atoms with van der Waals surface area (Å²) in [5.74, 6) is 7.62. The standard InChI is InChI=1S/C44H72N8O5/c1-8-12-14-30(10-3)28-56-39(54)33-18-24-36(25-19-33)47-42-48-41(46-35-22-16-32(17-23-35)38(53)51-44(5,6)7)49-43(50-42)52(45)37-26-20-34(21-27-37)40(55)57-29-31(11-4)15-13-9-2/h16-27,30-31,38-43,46-51,53-55H,8-15,28-29,45H2,1-7H3. The monoisotopic (exact) mass is 793 g/mol. The molecule has 0 amide bonds. The number of hydrogen-bond donors (Lipinski definition) is 10. The van der Waals surface area contributed by atoms with Gasteiger partial charge in [-0.3, -0.25) is 26.3 Å². The number of aliphatic hydroxyl groups excluding tert-OH is 3. The first-order valence-corrected chi connectivity index (χ1v) is 21.0. The lowest BCUT2D eigenvalue weighted by molar-refractivity contribution is -0.114. The number of hydrogen-bond acceptors (Lipinski definition) is 13. The third-order valence-corrected chi connectivity index (χ3v) is 10.4. The van der Waals surface area contributed by atoms with Gasteiger partial charge in [-0.05, 0) is 87.4 Å². The predicted molar refractivity (Wildman–Crippen MR) is 230 cm³/mol. The smallest absolute Gasteiger partial charge is 0.181 e. The topological polar surface area (TPSA) is 181 Å². The van der Waals surface area contributed by atoms with Crippen LogP contribution in [-0.2, 0) is 9.47 Å². The number of anilines is 3. The zero-order valence-electron chi connectivity index (χ0n) is 35.3. The molecule has 13 nitrogen and oxygen atoms in total. The zero-order valence-corrected chi connectivity index (χ0v) is 35.3. The van der Waals surface area contributed by atoms with E-state index in [-0.39, 0.29) is 5.54 Å². The number of aliphatic hydroxyl groups is 3. The highest BCUT2D eigenvalue weighted by Gasteiger charge is 2.30. The molecule has 0 aromatic heterocycles. The zero-order chi connectivity index (χ0) is 41.4. The van der Waals surface area contributed by atoms with Crippen molar-refractivity contribution in [1.29, 1.82) is 0 Å². The summed E-state index contributed by atoms with van der Waals surface area (Å²) in [4.78, 5) is 0. The Morgan fingerprint density at radius 1 is 0.649 bits per heavy atom. The molecule has 8 atom stereocenters. The van der Waals surface area contributed by atoms with Gasteiger partial charge in [-0.25, -0.2) is 5.84 Å². The second-order valence-electron chi connectivity index (χ2n) is 16.3. The van der Waals surface area contributed by atoms with Crippen LogP contribution in [0.4, 0.5) is 17.1 Å². The average Bonchev–Trinajstić information content (AvgIpc) is 3.20. The molecule has 0 aliphatic carbocycles. The van der Waals surface area contributed by atoms with Crippen LogP contribution in [0.3, 0.4) is 0 Å². The Hall–Kier alpha value is -3.34. The van der Waals surface area contributed by atoms with E-state index in [1.165, 1.54) is 0 Å². The molecule has 318 valence electrons. The number of hydrazine groups is 1. The molecule has 0 bridgehead atoms. The quantitative estimate of drug-likeness (QED) is 0.0254. The predicted octanol–water partition coefficient (Wildman–Crippen LogP) is 7.05. The molecule has 57 heavy (non-hydrogen) atoms. The van der Waals surface area contributed by atoms with Crippen LogP contribution < -0.4 is 42.8 Å². The summed E-state index contributed by atoms with van der Waals surface area (Å²) in [6.07, 6.45) is 4.56. The van der Waals surface area contributed by atoms with Gasteiger partial charge >= 0.3 is 0 Å². The van der Waals surface area contributed by atoms with E-state index in [1.807, 2.05) is 93.6 Å². The maximum Gasteiger partial charge on any atom is 0.181 e. The average molecular weight is 793 g/mol. The molecule has 0 radical (unpaired) electrons. The van der Waals surface area contributed by atoms with Crippen LogP contribution in [0.2, 0.25) is 0 Å². The largest absolute Gasteiger partial charge is 0.374 e. The van der Waals surface area contributed by atoms with Crippen molar-refractivity contribution in [2.75, 3.05) is 28.9 Å². The Morgan fingerprint density at radius 2 is 1.07 bits per heavy atom. The Labute approximate surface area is 341 Å². The second-order valence-corrected chi connectivity index (χ2v) is 16.3. The van der Waals surface area contributed by atoms with E-state index >= 15 is 0 Å². The van der Waals surface area contributed by atoms with E-state index in [9.17, 15) is 15.3 Å². The summed E-state index contributed by atoms with van der Waals surface area (Å²) in [7, 11) is 0. The minimum atomic E-state index is -1.02. The van der Waals surface area contributed by atoms with Gasteiger partial charge in [0, 0.05) is 28.0 Å². The molecule has 4 rings (SSSR count). The lowest BCUT2D eigenvalue weighted by atomic mass is 10.0. The number of nitrogens with two attached hydrogens (primary N) is 1. The van der Waals surface area contributed by atoms with Crippen molar-refractivity contribution in [2.24, 2.45) is 17.7 Å². The summed E-state index contributed by atoms with van der Waals surface area (Å²) in [6, 6.07) is 22.5. The van der Waals surface area contributed by atoms with Crippen LogP contribution in [-0.4, -0.2) is 52.9 Å². The molecular formula is C44H72N8O5. The second kappa shape index (κ2) is 23.3. The van der Waals surface area contributed by atoms with Gasteiger partial charge in [-0.15, -0.1) is 0 Å². The molecule has 13 heteroatoms. The summed E-state index contributed by atoms with van der Waals surface area (Å²) >= 11 is 0. The third kappa shape index (κ3) is 15.4. The molecule has 0 saturated carbocycles. The molecular weight excluding hydrogens is 721 g/mol. The van der Waals surface area contributed by atoms with E-state index in [1.54, 1.807) is 5.01 Å². The van der Waals surface area contributed by atoms with Crippen LogP contribution in [0.5, 0.6) is 0 Å². The first-order chi connectivity index (χ1) is 27.3. The number of rotatable bonds is 24. The molecule has 1 aliphatic rings. The van der Waals surface area contributed by atoms with Crippen molar-refractivity contribution in [3.05, 3.63) is 89.5 Å². The van der Waals surface area contributed by atoms with Crippen LogP contribution in [0.25, 0.3) is 0 Å². The third-order valence-electron chi connectivity index (χ3n) is 10.4. The van der Waals surface area contributed by atoms with Gasteiger partial charge in [0.15, 0.2) is 18.9 Å². The number of nitrogens with one attached hydrogen (secondary N) is 6. The fraction of sp³-hybridized carbons (Fsp3) is 0.591. The molecule has 1 heterocycles. The van der Waals surface area contributed by atoms with E-state index in [0.29, 0.717) is 41.9 Å². The summed E-state index contributed by atoms with van der Waals surface area (Å²) in [6.45, 7) is 15.8. The van der Waals surface area contributed by atoms with Gasteiger partial charge in [0.2, 0.25) is 0 Å². The summed E-state index contributed by atoms with van der Waals surface area (Å²) in [5.41, 5.74) is 4.22. The van der Waals surface area contributed by atoms with Crippen LogP contribution in [0.15, 0.2) is 72.8 Å². The summed E-state index contributed by atoms with van der Waals surface area (Å²) < 4.78 is 11.7. The van der Waals surface area contributed by atoms with Gasteiger partial charge < -0.3 is 35.4 Å². The van der Waals surface area contributed by atoms with Crippen molar-refractivity contribution < 1.29 is 24.8 Å². The normalized spacial score (nSPS) is 20.0. The first-order valence-electron chi connectivity index (χ1n) is 21.0. The maximum atomic E-state index is 10.8. The molecule has 1 aliphatic heterocycles. The highest BCUT2D eigenvalue weighted by molar-refractivity contribution is 5.49. The molecule has 1 saturated heterocycles. The molecule has 11 N–H and O–H groups in total. The number of benzene rings is 3. The van der Waals surface area contributed by atoms with Crippen LogP contribution >= 0.6 is 0 Å². The van der Waals surface area contributed by atoms with E-state index in [0.717, 1.165) is 68.3 Å². The highest BCUT2D eigenvalue weighted by atomic mass is 16.6. The lowest BCUT2D eigenvalue weighted by Crippen LogP contribution is -2.76. The molecule has 0 spiro atoms. The van der Waals surface area contributed by atoms with Gasteiger partial charge in [0.1, 0.15) is 18.8 Å². The summed E-state index contributed by atoms with van der Waals surface area (Å²) in [5, 5.41) is 54.5. The van der Waals surface area contributed by atoms with Crippen molar-refractivity contribution in [1.82, 2.24) is 21.3 Å². The molecule has 3 aromatic carbocycles. The van der Waals surface area contributed by atoms with Crippen molar-refractivity contribution in [3.8, 4) is 0 Å². The fourth-order valence-corrected chi connectivity index (χ4v) is 6.69. The van der Waals surface area contributed by atoms with Crippen molar-refractivity contribution >= 4 is 17.1 Å². The number of nitrogens with zero attached hydrogens (tertiary/aromatic N) is 1. The Kier molecular flexibility index (Phi) is 18.9. The van der Waals surface area contributed by atoms with E-state index in [2.05, 4.69) is 59.6 Å². The Morgan fingerprint density at radius 3 is 1.47 bits per heavy atom. The van der Waals surface area contributed by atoms with Crippen molar-refractivity contribution in [2.45, 2.75) is 143 Å². The minimum absolute atomic E-state index is 0.245. The molecule has 8 unspecified atom stereocenters. The van der Waals surface area contributed by atoms with Crippen LogP contribution in [0.1, 0.15) is 135 Å². The Bertz CT molecular complexity index is 1540. The SMILES string of the molecule is CCCCC(CC)COC(O)c1ccc(NC2NC(Nc3ccc(C(O)NC(C)(C)C)cc3)NC(N(N)c3ccc(C(O)OCC(CC)CCCC)cc3)N2)cc1. The highest BCUT2D eigenvalue weighted by Crippen LogP contribution is 2.25. The van der Waals surface area contributed by atoms with Gasteiger partial charge in [-0.2, -0.15) is 0 Å². The number of unbranched alkanes of at least 4 members (excludes halogenated alkanes) is 2. The van der Waals surface area contributed by atoms with Gasteiger partial charge in [0.25, 0.3) is 0 Å². The number of ether oxygens (including phenoxy) is 2. The first kappa shape index (κ1) is 46.4. The van der Waals surface area contributed by atoms with Crippen LogP contribution in [0, 0.1) is 11.8 Å². The minimum Gasteiger partial charge on any atom is -0.374 e. The lowest BCUT2D eigenvalue weighted by Gasteiger charge is -2.43. The van der Waals surface area contributed by atoms with E-state index in [4.69, 9.17) is 15.3 Å². The fourth-order valence-electron chi connectivity index (χ4n) is 6.69. The van der Waals surface area contributed by atoms with Crippen molar-refractivity contribution in [3.63, 3.8) is 0 Å². The van der Waals surface area contributed by atoms with Gasteiger partial charge in [-0.1, -0.05) is 103 Å². The maximum absolute atomic E-state index is 10.8. The molecule has 3 aromatic rings. The van der Waals surface area contributed by atoms with Gasteiger partial charge in [0.05, 0.1) is 18.9 Å². The Balaban J connectivity index is 1.45. The van der Waals surface area contributed by atoms with E-state index < -0.39 is 37.7 Å². The molecule has 1 fully saturated rings.